The number of hydrogen-bond donors (Lipinski definition) is 0. The summed E-state index contributed by atoms with van der Waals surface area (Å²) >= 11 is 7.58. The van der Waals surface area contributed by atoms with Crippen molar-refractivity contribution in [1.29, 1.82) is 0 Å². The van der Waals surface area contributed by atoms with Gasteiger partial charge in [-0.2, -0.15) is 0 Å². The van der Waals surface area contributed by atoms with E-state index in [-0.39, 0.29) is 18.8 Å². The van der Waals surface area contributed by atoms with Crippen LogP contribution in [0.25, 0.3) is 0 Å². The SMILES string of the molecule is CC1CC(C)(C)OB(c2ccsc2Cl)O1. The summed E-state index contributed by atoms with van der Waals surface area (Å²) in [6.07, 6.45) is 1.11. The molecule has 1 atom stereocenters. The smallest absolute Gasteiger partial charge is 0.405 e. The third-order valence-electron chi connectivity index (χ3n) is 2.46. The molecule has 0 aromatic carbocycles. The Hall–Kier alpha value is -0.0251. The Labute approximate surface area is 99.7 Å². The third kappa shape index (κ3) is 2.56. The minimum atomic E-state index is -0.317. The lowest BCUT2D eigenvalue weighted by molar-refractivity contribution is -0.0229. The molecule has 1 fully saturated rings. The first-order chi connectivity index (χ1) is 6.98. The molecule has 0 aliphatic carbocycles. The van der Waals surface area contributed by atoms with Crippen LogP contribution in [0, 0.1) is 0 Å². The molecule has 82 valence electrons. The average molecular weight is 245 g/mol. The Bertz CT molecular complexity index is 353. The van der Waals surface area contributed by atoms with Crippen molar-refractivity contribution in [2.75, 3.05) is 0 Å². The van der Waals surface area contributed by atoms with Crippen LogP contribution >= 0.6 is 22.9 Å². The highest BCUT2D eigenvalue weighted by molar-refractivity contribution is 7.16. The Morgan fingerprint density at radius 3 is 2.87 bits per heavy atom. The topological polar surface area (TPSA) is 18.5 Å². The molecular formula is C10H14BClO2S. The number of thiophene rings is 1. The summed E-state index contributed by atoms with van der Waals surface area (Å²) in [5, 5.41) is 1.96. The van der Waals surface area contributed by atoms with Crippen LogP contribution in [0.3, 0.4) is 0 Å². The first-order valence-electron chi connectivity index (χ1n) is 5.04. The monoisotopic (exact) mass is 244 g/mol. The van der Waals surface area contributed by atoms with Gasteiger partial charge in [0.1, 0.15) is 0 Å². The highest BCUT2D eigenvalue weighted by Gasteiger charge is 2.39. The molecule has 0 N–H and O–H groups in total. The van der Waals surface area contributed by atoms with Gasteiger partial charge >= 0.3 is 7.12 Å². The molecule has 1 aliphatic heterocycles. The molecule has 0 saturated carbocycles. The molecule has 2 nitrogen and oxygen atoms in total. The van der Waals surface area contributed by atoms with Gasteiger partial charge < -0.3 is 9.31 Å². The lowest BCUT2D eigenvalue weighted by atomic mass is 9.76. The lowest BCUT2D eigenvalue weighted by Crippen LogP contribution is -2.51. The molecule has 1 unspecified atom stereocenters. The summed E-state index contributed by atoms with van der Waals surface area (Å²) in [6, 6.07) is 1.96. The van der Waals surface area contributed by atoms with E-state index >= 15 is 0 Å². The average Bonchev–Trinajstić information content (AvgIpc) is 2.47. The molecule has 5 heteroatoms. The number of hydrogen-bond acceptors (Lipinski definition) is 3. The predicted octanol–water partition coefficient (Wildman–Crippen LogP) is 2.70. The Kier molecular flexibility index (Phi) is 3.13. The summed E-state index contributed by atoms with van der Waals surface area (Å²) in [4.78, 5) is 0. The van der Waals surface area contributed by atoms with Crippen LogP contribution in [0.4, 0.5) is 0 Å². The summed E-state index contributed by atoms with van der Waals surface area (Å²) in [7, 11) is -0.317. The van der Waals surface area contributed by atoms with Gasteiger partial charge in [0.25, 0.3) is 0 Å². The summed E-state index contributed by atoms with van der Waals surface area (Å²) in [5.74, 6) is 0. The highest BCUT2D eigenvalue weighted by atomic mass is 35.5. The van der Waals surface area contributed by atoms with E-state index in [4.69, 9.17) is 20.9 Å². The molecule has 15 heavy (non-hydrogen) atoms. The van der Waals surface area contributed by atoms with Crippen LogP contribution < -0.4 is 5.46 Å². The molecule has 2 rings (SSSR count). The van der Waals surface area contributed by atoms with Gasteiger partial charge in [-0.3, -0.25) is 0 Å². The normalized spacial score (nSPS) is 25.6. The fourth-order valence-electron chi connectivity index (χ4n) is 1.93. The Morgan fingerprint density at radius 2 is 2.33 bits per heavy atom. The Morgan fingerprint density at radius 1 is 1.60 bits per heavy atom. The predicted molar refractivity (Wildman–Crippen MR) is 65.0 cm³/mol. The van der Waals surface area contributed by atoms with Crippen molar-refractivity contribution in [3.63, 3.8) is 0 Å². The summed E-state index contributed by atoms with van der Waals surface area (Å²) < 4.78 is 12.4. The first-order valence-corrected chi connectivity index (χ1v) is 6.30. The van der Waals surface area contributed by atoms with Crippen LogP contribution in [-0.2, 0) is 9.31 Å². The Balaban J connectivity index is 2.20. The maximum atomic E-state index is 6.07. The van der Waals surface area contributed by atoms with E-state index < -0.39 is 0 Å². The van der Waals surface area contributed by atoms with E-state index in [1.165, 1.54) is 11.3 Å². The summed E-state index contributed by atoms with van der Waals surface area (Å²) in [6.45, 7) is 6.23. The van der Waals surface area contributed by atoms with Crippen LogP contribution in [0.5, 0.6) is 0 Å². The van der Waals surface area contributed by atoms with Crippen molar-refractivity contribution in [1.82, 2.24) is 0 Å². The van der Waals surface area contributed by atoms with Gasteiger partial charge in [-0.15, -0.1) is 11.3 Å². The van der Waals surface area contributed by atoms with Gasteiger partial charge in [0.05, 0.1) is 9.94 Å². The van der Waals surface area contributed by atoms with Crippen molar-refractivity contribution in [3.8, 4) is 0 Å². The molecule has 0 spiro atoms. The summed E-state index contributed by atoms with van der Waals surface area (Å²) in [5.41, 5.74) is 0.800. The maximum absolute atomic E-state index is 6.07. The molecule has 0 amide bonds. The fraction of sp³-hybridized carbons (Fsp3) is 0.600. The number of rotatable bonds is 1. The molecule has 0 bridgehead atoms. The van der Waals surface area contributed by atoms with Crippen LogP contribution in [0.15, 0.2) is 11.4 Å². The van der Waals surface area contributed by atoms with Gasteiger partial charge in [0, 0.05) is 11.6 Å². The van der Waals surface area contributed by atoms with E-state index in [1.54, 1.807) is 0 Å². The van der Waals surface area contributed by atoms with E-state index in [1.807, 2.05) is 11.4 Å². The minimum absolute atomic E-state index is 0.145. The van der Waals surface area contributed by atoms with E-state index in [0.29, 0.717) is 0 Å². The van der Waals surface area contributed by atoms with E-state index in [9.17, 15) is 0 Å². The van der Waals surface area contributed by atoms with E-state index in [0.717, 1.165) is 16.2 Å². The largest absolute Gasteiger partial charge is 0.496 e. The van der Waals surface area contributed by atoms with Crippen molar-refractivity contribution < 1.29 is 9.31 Å². The van der Waals surface area contributed by atoms with Gasteiger partial charge in [0.15, 0.2) is 0 Å². The van der Waals surface area contributed by atoms with Crippen molar-refractivity contribution in [2.24, 2.45) is 0 Å². The second-order valence-electron chi connectivity index (χ2n) is 4.51. The van der Waals surface area contributed by atoms with E-state index in [2.05, 4.69) is 20.8 Å². The zero-order chi connectivity index (χ0) is 11.1. The van der Waals surface area contributed by atoms with Crippen molar-refractivity contribution >= 4 is 35.5 Å². The molecule has 1 aromatic heterocycles. The standard InChI is InChI=1S/C10H14BClO2S/c1-7-6-10(2,3)14-11(13-7)8-4-5-15-9(8)12/h4-5,7H,6H2,1-3H3. The maximum Gasteiger partial charge on any atom is 0.496 e. The molecular weight excluding hydrogens is 230 g/mol. The van der Waals surface area contributed by atoms with Gasteiger partial charge in [0.2, 0.25) is 0 Å². The van der Waals surface area contributed by atoms with Gasteiger partial charge in [-0.25, -0.2) is 0 Å². The first kappa shape index (κ1) is 11.5. The van der Waals surface area contributed by atoms with Crippen LogP contribution in [0.1, 0.15) is 27.2 Å². The second-order valence-corrected chi connectivity index (χ2v) is 6.03. The highest BCUT2D eigenvalue weighted by Crippen LogP contribution is 2.27. The zero-order valence-corrected chi connectivity index (χ0v) is 10.7. The van der Waals surface area contributed by atoms with Gasteiger partial charge in [-0.1, -0.05) is 17.7 Å². The molecule has 2 heterocycles. The van der Waals surface area contributed by atoms with Gasteiger partial charge in [-0.05, 0) is 32.6 Å². The lowest BCUT2D eigenvalue weighted by Gasteiger charge is -2.38. The molecule has 0 radical (unpaired) electrons. The minimum Gasteiger partial charge on any atom is -0.405 e. The molecule has 1 aliphatic rings. The van der Waals surface area contributed by atoms with Crippen LogP contribution in [0.2, 0.25) is 4.34 Å². The third-order valence-corrected chi connectivity index (χ3v) is 3.66. The number of halogens is 1. The zero-order valence-electron chi connectivity index (χ0n) is 9.12. The quantitative estimate of drug-likeness (QED) is 0.707. The molecule has 1 saturated heterocycles. The van der Waals surface area contributed by atoms with Crippen molar-refractivity contribution in [2.45, 2.75) is 38.9 Å². The molecule has 1 aromatic rings. The fourth-order valence-corrected chi connectivity index (χ4v) is 2.87. The second kappa shape index (κ2) is 4.09. The van der Waals surface area contributed by atoms with Crippen molar-refractivity contribution in [3.05, 3.63) is 15.8 Å². The van der Waals surface area contributed by atoms with Crippen LogP contribution in [-0.4, -0.2) is 18.8 Å².